The molecule has 122 valence electrons. The zero-order chi connectivity index (χ0) is 16.9. The van der Waals surface area contributed by atoms with E-state index in [1.807, 2.05) is 0 Å². The summed E-state index contributed by atoms with van der Waals surface area (Å²) in [6, 6.07) is 11.5. The molecule has 0 bridgehead atoms. The quantitative estimate of drug-likeness (QED) is 0.725. The van der Waals surface area contributed by atoms with Crippen molar-refractivity contribution in [2.24, 2.45) is 0 Å². The summed E-state index contributed by atoms with van der Waals surface area (Å²) in [5.41, 5.74) is 2.01. The number of hydrogen-bond acceptors (Lipinski definition) is 6. The van der Waals surface area contributed by atoms with Crippen LogP contribution in [0.1, 0.15) is 10.4 Å². The first kappa shape index (κ1) is 15.5. The van der Waals surface area contributed by atoms with Crippen molar-refractivity contribution >= 4 is 28.7 Å². The van der Waals surface area contributed by atoms with Gasteiger partial charge in [-0.3, -0.25) is 4.79 Å². The summed E-state index contributed by atoms with van der Waals surface area (Å²) >= 11 is 0. The van der Waals surface area contributed by atoms with Crippen LogP contribution in [0.15, 0.2) is 53.3 Å². The van der Waals surface area contributed by atoms with Gasteiger partial charge in [-0.1, -0.05) is 0 Å². The number of amides is 1. The molecule has 0 saturated heterocycles. The maximum Gasteiger partial charge on any atom is 0.338 e. The minimum Gasteiger partial charge on any atom is -0.497 e. The van der Waals surface area contributed by atoms with E-state index in [1.165, 1.54) is 6.39 Å². The molecule has 1 heterocycles. The fourth-order valence-corrected chi connectivity index (χ4v) is 2.07. The molecule has 0 aliphatic carbocycles. The summed E-state index contributed by atoms with van der Waals surface area (Å²) in [5, 5.41) is 2.63. The number of aromatic nitrogens is 1. The minimum atomic E-state index is -0.607. The Labute approximate surface area is 137 Å². The Balaban J connectivity index is 1.55. The van der Waals surface area contributed by atoms with Gasteiger partial charge in [-0.15, -0.1) is 0 Å². The normalized spacial score (nSPS) is 10.4. The van der Waals surface area contributed by atoms with Crippen LogP contribution in [-0.2, 0) is 9.53 Å². The van der Waals surface area contributed by atoms with Gasteiger partial charge in [0.1, 0.15) is 11.3 Å². The van der Waals surface area contributed by atoms with Crippen LogP contribution in [0.5, 0.6) is 5.75 Å². The molecule has 0 radical (unpaired) electrons. The molecule has 0 aliphatic heterocycles. The predicted molar refractivity (Wildman–Crippen MR) is 85.9 cm³/mol. The van der Waals surface area contributed by atoms with E-state index in [0.717, 1.165) is 0 Å². The third-order valence-electron chi connectivity index (χ3n) is 3.27. The number of anilines is 1. The second-order valence-electron chi connectivity index (χ2n) is 4.89. The SMILES string of the molecule is COc1ccc(NC(=O)COC(=O)c2ccc3ocnc3c2)cc1. The number of fused-ring (bicyclic) bond motifs is 1. The number of carbonyl (C=O) groups is 2. The van der Waals surface area contributed by atoms with Crippen molar-refractivity contribution in [1.82, 2.24) is 4.98 Å². The lowest BCUT2D eigenvalue weighted by Gasteiger charge is -2.07. The number of oxazole rings is 1. The molecule has 1 N–H and O–H groups in total. The number of nitrogens with zero attached hydrogens (tertiary/aromatic N) is 1. The predicted octanol–water partition coefficient (Wildman–Crippen LogP) is 2.63. The molecule has 0 spiro atoms. The zero-order valence-corrected chi connectivity index (χ0v) is 12.8. The van der Waals surface area contributed by atoms with Gasteiger partial charge in [-0.2, -0.15) is 0 Å². The van der Waals surface area contributed by atoms with Crippen LogP contribution in [0, 0.1) is 0 Å². The lowest BCUT2D eigenvalue weighted by Crippen LogP contribution is -2.20. The number of ether oxygens (including phenoxy) is 2. The minimum absolute atomic E-state index is 0.300. The van der Waals surface area contributed by atoms with Gasteiger partial charge in [-0.25, -0.2) is 9.78 Å². The molecule has 0 saturated carbocycles. The number of esters is 1. The smallest absolute Gasteiger partial charge is 0.338 e. The van der Waals surface area contributed by atoms with Gasteiger partial charge in [-0.05, 0) is 42.5 Å². The van der Waals surface area contributed by atoms with Crippen LogP contribution in [0.3, 0.4) is 0 Å². The lowest BCUT2D eigenvalue weighted by molar-refractivity contribution is -0.119. The molecule has 3 aromatic rings. The van der Waals surface area contributed by atoms with Gasteiger partial charge in [0.2, 0.25) is 0 Å². The molecule has 24 heavy (non-hydrogen) atoms. The van der Waals surface area contributed by atoms with Crippen molar-refractivity contribution in [3.05, 3.63) is 54.4 Å². The van der Waals surface area contributed by atoms with Crippen LogP contribution in [0.4, 0.5) is 5.69 Å². The Morgan fingerprint density at radius 2 is 1.96 bits per heavy atom. The highest BCUT2D eigenvalue weighted by atomic mass is 16.5. The Morgan fingerprint density at radius 3 is 2.71 bits per heavy atom. The van der Waals surface area contributed by atoms with Crippen LogP contribution in [0.2, 0.25) is 0 Å². The Hall–Kier alpha value is -3.35. The van der Waals surface area contributed by atoms with E-state index < -0.39 is 11.9 Å². The highest BCUT2D eigenvalue weighted by molar-refractivity contribution is 5.96. The average Bonchev–Trinajstić information content (AvgIpc) is 3.08. The van der Waals surface area contributed by atoms with Crippen molar-refractivity contribution < 1.29 is 23.5 Å². The highest BCUT2D eigenvalue weighted by Gasteiger charge is 2.12. The largest absolute Gasteiger partial charge is 0.497 e. The van der Waals surface area contributed by atoms with Crippen LogP contribution < -0.4 is 10.1 Å². The number of nitrogens with one attached hydrogen (secondary N) is 1. The molecule has 3 rings (SSSR count). The van der Waals surface area contributed by atoms with Crippen LogP contribution in [0.25, 0.3) is 11.1 Å². The van der Waals surface area contributed by atoms with Gasteiger partial charge >= 0.3 is 5.97 Å². The first-order valence-electron chi connectivity index (χ1n) is 7.10. The summed E-state index contributed by atoms with van der Waals surface area (Å²) in [5.74, 6) is -0.358. The summed E-state index contributed by atoms with van der Waals surface area (Å²) in [4.78, 5) is 27.8. The topological polar surface area (TPSA) is 90.7 Å². The van der Waals surface area contributed by atoms with Gasteiger partial charge < -0.3 is 19.2 Å². The summed E-state index contributed by atoms with van der Waals surface area (Å²) in [6.07, 6.45) is 1.29. The van der Waals surface area contributed by atoms with E-state index in [9.17, 15) is 9.59 Å². The molecule has 0 fully saturated rings. The fraction of sp³-hybridized carbons (Fsp3) is 0.118. The maximum atomic E-state index is 12.0. The molecule has 0 atom stereocenters. The number of methoxy groups -OCH3 is 1. The summed E-state index contributed by atoms with van der Waals surface area (Å²) in [6.45, 7) is -0.387. The molecule has 1 amide bonds. The van der Waals surface area contributed by atoms with Crippen molar-refractivity contribution in [1.29, 1.82) is 0 Å². The standard InChI is InChI=1S/C17H14N2O5/c1-22-13-5-3-12(4-6-13)19-16(20)9-23-17(21)11-2-7-15-14(8-11)18-10-24-15/h2-8,10H,9H2,1H3,(H,19,20). The van der Waals surface area contributed by atoms with Crippen molar-refractivity contribution in [2.45, 2.75) is 0 Å². The van der Waals surface area contributed by atoms with E-state index in [1.54, 1.807) is 49.6 Å². The van der Waals surface area contributed by atoms with Crippen molar-refractivity contribution in [3.63, 3.8) is 0 Å². The summed E-state index contributed by atoms with van der Waals surface area (Å²) in [7, 11) is 1.56. The van der Waals surface area contributed by atoms with Crippen molar-refractivity contribution in [3.8, 4) is 5.75 Å². The van der Waals surface area contributed by atoms with E-state index in [0.29, 0.717) is 28.1 Å². The Kier molecular flexibility index (Phi) is 4.42. The molecule has 0 aliphatic rings. The number of benzene rings is 2. The molecular weight excluding hydrogens is 312 g/mol. The molecular formula is C17H14N2O5. The zero-order valence-electron chi connectivity index (χ0n) is 12.8. The van der Waals surface area contributed by atoms with Crippen molar-refractivity contribution in [2.75, 3.05) is 19.0 Å². The molecule has 2 aromatic carbocycles. The maximum absolute atomic E-state index is 12.0. The number of carbonyl (C=O) groups excluding carboxylic acids is 2. The Morgan fingerprint density at radius 1 is 1.17 bits per heavy atom. The third-order valence-corrected chi connectivity index (χ3v) is 3.27. The second kappa shape index (κ2) is 6.82. The fourth-order valence-electron chi connectivity index (χ4n) is 2.07. The molecule has 0 unspecified atom stereocenters. The number of rotatable bonds is 5. The van der Waals surface area contributed by atoms with E-state index in [-0.39, 0.29) is 6.61 Å². The van der Waals surface area contributed by atoms with Gasteiger partial charge in [0, 0.05) is 5.69 Å². The van der Waals surface area contributed by atoms with E-state index in [2.05, 4.69) is 10.3 Å². The average molecular weight is 326 g/mol. The molecule has 7 nitrogen and oxygen atoms in total. The first-order chi connectivity index (χ1) is 11.7. The van der Waals surface area contributed by atoms with E-state index in [4.69, 9.17) is 13.9 Å². The lowest BCUT2D eigenvalue weighted by atomic mass is 10.2. The van der Waals surface area contributed by atoms with Gasteiger partial charge in [0.05, 0.1) is 12.7 Å². The number of hydrogen-bond donors (Lipinski definition) is 1. The molecule has 7 heteroatoms. The van der Waals surface area contributed by atoms with Crippen LogP contribution >= 0.6 is 0 Å². The van der Waals surface area contributed by atoms with Gasteiger partial charge in [0.15, 0.2) is 18.6 Å². The van der Waals surface area contributed by atoms with Crippen LogP contribution in [-0.4, -0.2) is 30.6 Å². The monoisotopic (exact) mass is 326 g/mol. The van der Waals surface area contributed by atoms with Gasteiger partial charge in [0.25, 0.3) is 5.91 Å². The highest BCUT2D eigenvalue weighted by Crippen LogP contribution is 2.16. The second-order valence-corrected chi connectivity index (χ2v) is 4.89. The first-order valence-corrected chi connectivity index (χ1v) is 7.10. The van der Waals surface area contributed by atoms with E-state index >= 15 is 0 Å². The summed E-state index contributed by atoms with van der Waals surface area (Å²) < 4.78 is 15.1. The molecule has 1 aromatic heterocycles. The Bertz CT molecular complexity index is 870. The third kappa shape index (κ3) is 3.52.